The highest BCUT2D eigenvalue weighted by Crippen LogP contribution is 2.32. The van der Waals surface area contributed by atoms with Crippen LogP contribution in [0.2, 0.25) is 0 Å². The SMILES string of the molecule is CC(NC1CCCc2cc(O)ccc21)C(N)=O. The quantitative estimate of drug-likeness (QED) is 0.736. The van der Waals surface area contributed by atoms with Gasteiger partial charge in [0.15, 0.2) is 0 Å². The van der Waals surface area contributed by atoms with E-state index in [1.54, 1.807) is 19.1 Å². The molecule has 4 heteroatoms. The number of nitrogens with one attached hydrogen (secondary N) is 1. The highest BCUT2D eigenvalue weighted by molar-refractivity contribution is 5.79. The van der Waals surface area contributed by atoms with Crippen molar-refractivity contribution in [3.05, 3.63) is 29.3 Å². The Hall–Kier alpha value is -1.55. The van der Waals surface area contributed by atoms with Gasteiger partial charge in [0.2, 0.25) is 5.91 Å². The number of nitrogens with two attached hydrogens (primary N) is 1. The van der Waals surface area contributed by atoms with Crippen LogP contribution in [0.25, 0.3) is 0 Å². The van der Waals surface area contributed by atoms with Gasteiger partial charge in [0.25, 0.3) is 0 Å². The van der Waals surface area contributed by atoms with E-state index in [0.717, 1.165) is 24.8 Å². The van der Waals surface area contributed by atoms with Crippen LogP contribution in [-0.4, -0.2) is 17.1 Å². The van der Waals surface area contributed by atoms with Crippen LogP contribution >= 0.6 is 0 Å². The Morgan fingerprint density at radius 3 is 3.06 bits per heavy atom. The Balaban J connectivity index is 2.20. The molecule has 0 bridgehead atoms. The topological polar surface area (TPSA) is 75.3 Å². The third kappa shape index (κ3) is 2.58. The summed E-state index contributed by atoms with van der Waals surface area (Å²) in [6.07, 6.45) is 3.03. The van der Waals surface area contributed by atoms with Crippen molar-refractivity contribution >= 4 is 5.91 Å². The molecule has 0 radical (unpaired) electrons. The van der Waals surface area contributed by atoms with Gasteiger partial charge in [-0.15, -0.1) is 0 Å². The molecule has 2 rings (SSSR count). The summed E-state index contributed by atoms with van der Waals surface area (Å²) in [6.45, 7) is 1.77. The molecule has 0 aromatic heterocycles. The highest BCUT2D eigenvalue weighted by Gasteiger charge is 2.23. The standard InChI is InChI=1S/C13H18N2O2/c1-8(13(14)17)15-12-4-2-3-9-7-10(16)5-6-11(9)12/h5-8,12,15-16H,2-4H2,1H3,(H2,14,17). The van der Waals surface area contributed by atoms with Gasteiger partial charge >= 0.3 is 0 Å². The fourth-order valence-electron chi connectivity index (χ4n) is 2.36. The molecule has 4 N–H and O–H groups in total. The largest absolute Gasteiger partial charge is 0.508 e. The molecule has 4 nitrogen and oxygen atoms in total. The number of aryl methyl sites for hydroxylation is 1. The molecule has 2 unspecified atom stereocenters. The fourth-order valence-corrected chi connectivity index (χ4v) is 2.36. The van der Waals surface area contributed by atoms with Crippen LogP contribution in [0.3, 0.4) is 0 Å². The Kier molecular flexibility index (Phi) is 3.33. The second kappa shape index (κ2) is 4.75. The summed E-state index contributed by atoms with van der Waals surface area (Å²) in [4.78, 5) is 11.1. The summed E-state index contributed by atoms with van der Waals surface area (Å²) in [5, 5.41) is 12.7. The first-order valence-electron chi connectivity index (χ1n) is 5.95. The predicted octanol–water partition coefficient (Wildman–Crippen LogP) is 1.23. The number of amides is 1. The molecule has 0 aliphatic heterocycles. The normalized spacial score (nSPS) is 20.6. The lowest BCUT2D eigenvalue weighted by molar-refractivity contribution is -0.119. The van der Waals surface area contributed by atoms with E-state index in [0.29, 0.717) is 5.75 Å². The van der Waals surface area contributed by atoms with Gasteiger partial charge in [-0.2, -0.15) is 0 Å². The smallest absolute Gasteiger partial charge is 0.234 e. The van der Waals surface area contributed by atoms with E-state index in [4.69, 9.17) is 5.73 Å². The van der Waals surface area contributed by atoms with Gasteiger partial charge in [0.05, 0.1) is 6.04 Å². The highest BCUT2D eigenvalue weighted by atomic mass is 16.3. The maximum atomic E-state index is 11.1. The lowest BCUT2D eigenvalue weighted by atomic mass is 9.87. The zero-order valence-electron chi connectivity index (χ0n) is 9.94. The van der Waals surface area contributed by atoms with Gasteiger partial charge in [-0.3, -0.25) is 10.1 Å². The summed E-state index contributed by atoms with van der Waals surface area (Å²) < 4.78 is 0. The zero-order valence-corrected chi connectivity index (χ0v) is 9.94. The summed E-state index contributed by atoms with van der Waals surface area (Å²) in [5.41, 5.74) is 7.58. The van der Waals surface area contributed by atoms with Crippen molar-refractivity contribution in [2.24, 2.45) is 5.73 Å². The van der Waals surface area contributed by atoms with Crippen LogP contribution in [0.5, 0.6) is 5.75 Å². The first kappa shape index (κ1) is 11.9. The van der Waals surface area contributed by atoms with Crippen LogP contribution < -0.4 is 11.1 Å². The van der Waals surface area contributed by atoms with Crippen molar-refractivity contribution in [1.29, 1.82) is 0 Å². The van der Waals surface area contributed by atoms with Crippen LogP contribution in [0.4, 0.5) is 0 Å². The van der Waals surface area contributed by atoms with Crippen LogP contribution in [0, 0.1) is 0 Å². The summed E-state index contributed by atoms with van der Waals surface area (Å²) in [7, 11) is 0. The minimum atomic E-state index is -0.337. The van der Waals surface area contributed by atoms with Crippen molar-refractivity contribution in [3.8, 4) is 5.75 Å². The van der Waals surface area contributed by atoms with Gasteiger partial charge in [-0.1, -0.05) is 6.07 Å². The van der Waals surface area contributed by atoms with Gasteiger partial charge in [-0.05, 0) is 49.4 Å². The van der Waals surface area contributed by atoms with Gasteiger partial charge < -0.3 is 10.8 Å². The fraction of sp³-hybridized carbons (Fsp3) is 0.462. The number of aromatic hydroxyl groups is 1. The predicted molar refractivity (Wildman–Crippen MR) is 65.6 cm³/mol. The minimum absolute atomic E-state index is 0.154. The zero-order chi connectivity index (χ0) is 12.4. The van der Waals surface area contributed by atoms with Gasteiger partial charge in [0, 0.05) is 6.04 Å². The summed E-state index contributed by atoms with van der Waals surface area (Å²) in [6, 6.07) is 5.24. The molecule has 1 aliphatic carbocycles. The number of carbonyl (C=O) groups excluding carboxylic acids is 1. The summed E-state index contributed by atoms with van der Waals surface area (Å²) in [5.74, 6) is -0.0387. The maximum Gasteiger partial charge on any atom is 0.234 e. The summed E-state index contributed by atoms with van der Waals surface area (Å²) >= 11 is 0. The molecule has 0 spiro atoms. The Morgan fingerprint density at radius 1 is 1.59 bits per heavy atom. The Morgan fingerprint density at radius 2 is 2.35 bits per heavy atom. The maximum absolute atomic E-state index is 11.1. The third-order valence-corrected chi connectivity index (χ3v) is 3.32. The second-order valence-corrected chi connectivity index (χ2v) is 4.62. The molecule has 2 atom stereocenters. The van der Waals surface area contributed by atoms with Gasteiger partial charge in [0.1, 0.15) is 5.75 Å². The molecule has 17 heavy (non-hydrogen) atoms. The van der Waals surface area contributed by atoms with Crippen LogP contribution in [0.1, 0.15) is 36.9 Å². The molecule has 0 saturated heterocycles. The van der Waals surface area contributed by atoms with E-state index in [9.17, 15) is 9.90 Å². The van der Waals surface area contributed by atoms with Gasteiger partial charge in [-0.25, -0.2) is 0 Å². The number of phenols is 1. The molecule has 0 heterocycles. The molecule has 0 fully saturated rings. The molecular formula is C13H18N2O2. The first-order valence-corrected chi connectivity index (χ1v) is 5.95. The average molecular weight is 234 g/mol. The molecule has 1 aromatic carbocycles. The van der Waals surface area contributed by atoms with Crippen molar-refractivity contribution in [3.63, 3.8) is 0 Å². The lowest BCUT2D eigenvalue weighted by Gasteiger charge is -2.28. The van der Waals surface area contributed by atoms with E-state index in [1.165, 1.54) is 5.56 Å². The number of primary amides is 1. The van der Waals surface area contributed by atoms with E-state index in [2.05, 4.69) is 5.32 Å². The molecule has 0 saturated carbocycles. The molecule has 1 aliphatic rings. The number of carbonyl (C=O) groups is 1. The van der Waals surface area contributed by atoms with E-state index >= 15 is 0 Å². The van der Waals surface area contributed by atoms with Crippen molar-refractivity contribution < 1.29 is 9.90 Å². The molecule has 1 aromatic rings. The van der Waals surface area contributed by atoms with Crippen molar-refractivity contribution in [1.82, 2.24) is 5.32 Å². The molecular weight excluding hydrogens is 216 g/mol. The lowest BCUT2D eigenvalue weighted by Crippen LogP contribution is -2.41. The van der Waals surface area contributed by atoms with E-state index in [1.807, 2.05) is 6.07 Å². The number of hydrogen-bond donors (Lipinski definition) is 3. The van der Waals surface area contributed by atoms with Crippen molar-refractivity contribution in [2.75, 3.05) is 0 Å². The number of phenolic OH excluding ortho intramolecular Hbond substituents is 1. The van der Waals surface area contributed by atoms with E-state index in [-0.39, 0.29) is 18.0 Å². The Bertz CT molecular complexity index is 431. The first-order chi connectivity index (χ1) is 8.08. The van der Waals surface area contributed by atoms with E-state index < -0.39 is 0 Å². The number of benzene rings is 1. The van der Waals surface area contributed by atoms with Crippen LogP contribution in [0.15, 0.2) is 18.2 Å². The minimum Gasteiger partial charge on any atom is -0.508 e. The Labute approximate surface area is 101 Å². The van der Waals surface area contributed by atoms with Crippen molar-refractivity contribution in [2.45, 2.75) is 38.3 Å². The monoisotopic (exact) mass is 234 g/mol. The third-order valence-electron chi connectivity index (χ3n) is 3.32. The number of rotatable bonds is 3. The van der Waals surface area contributed by atoms with Crippen LogP contribution in [-0.2, 0) is 11.2 Å². The second-order valence-electron chi connectivity index (χ2n) is 4.62. The molecule has 1 amide bonds. The number of hydrogen-bond acceptors (Lipinski definition) is 3. The number of fused-ring (bicyclic) bond motifs is 1. The average Bonchev–Trinajstić information content (AvgIpc) is 2.28. The molecule has 92 valence electrons.